The molecule has 2 aromatic heterocycles. The fourth-order valence-corrected chi connectivity index (χ4v) is 3.93. The van der Waals surface area contributed by atoms with Gasteiger partial charge in [-0.05, 0) is 25.0 Å². The monoisotopic (exact) mass is 433 g/mol. The Morgan fingerprint density at radius 1 is 1.16 bits per heavy atom. The van der Waals surface area contributed by atoms with Gasteiger partial charge in [-0.25, -0.2) is 0 Å². The molecule has 2 atom stereocenters. The van der Waals surface area contributed by atoms with Crippen molar-refractivity contribution in [2.45, 2.75) is 45.5 Å². The molecule has 3 aromatic rings. The average molecular weight is 434 g/mol. The Balaban J connectivity index is 1.57. The van der Waals surface area contributed by atoms with Crippen molar-refractivity contribution in [2.75, 3.05) is 6.61 Å². The predicted octanol–water partition coefficient (Wildman–Crippen LogP) is 3.18. The lowest BCUT2D eigenvalue weighted by Crippen LogP contribution is -2.31. The summed E-state index contributed by atoms with van der Waals surface area (Å²) in [5.74, 6) is -0.476. The maximum atomic E-state index is 13.2. The van der Waals surface area contributed by atoms with Gasteiger partial charge in [0.25, 0.3) is 11.8 Å². The summed E-state index contributed by atoms with van der Waals surface area (Å²) in [7, 11) is 0. The number of rotatable bonds is 7. The van der Waals surface area contributed by atoms with Crippen LogP contribution in [0.2, 0.25) is 0 Å². The van der Waals surface area contributed by atoms with E-state index in [4.69, 9.17) is 4.74 Å². The quantitative estimate of drug-likeness (QED) is 0.596. The van der Waals surface area contributed by atoms with E-state index in [0.29, 0.717) is 35.8 Å². The van der Waals surface area contributed by atoms with Crippen LogP contribution in [0.5, 0.6) is 0 Å². The molecule has 8 nitrogen and oxygen atoms in total. The molecular weight excluding hydrogens is 406 g/mol. The number of nitrogens with one attached hydrogen (secondary N) is 2. The Morgan fingerprint density at radius 3 is 2.69 bits per heavy atom. The minimum atomic E-state index is -0.318. The van der Waals surface area contributed by atoms with Gasteiger partial charge in [0.15, 0.2) is 0 Å². The lowest BCUT2D eigenvalue weighted by Gasteiger charge is -2.21. The number of aromatic nitrogens is 3. The molecule has 0 bridgehead atoms. The van der Waals surface area contributed by atoms with Crippen LogP contribution in [0.25, 0.3) is 0 Å². The molecule has 0 aliphatic carbocycles. The summed E-state index contributed by atoms with van der Waals surface area (Å²) in [5.41, 5.74) is 3.34. The Bertz CT molecular complexity index is 1080. The Morgan fingerprint density at radius 2 is 1.97 bits per heavy atom. The first kappa shape index (κ1) is 21.7. The summed E-state index contributed by atoms with van der Waals surface area (Å²) in [6.45, 7) is 5.18. The van der Waals surface area contributed by atoms with Gasteiger partial charge in [-0.1, -0.05) is 37.3 Å². The van der Waals surface area contributed by atoms with Crippen molar-refractivity contribution in [3.05, 3.63) is 83.2 Å². The van der Waals surface area contributed by atoms with E-state index < -0.39 is 0 Å². The summed E-state index contributed by atoms with van der Waals surface area (Å²) in [6, 6.07) is 11.1. The lowest BCUT2D eigenvalue weighted by atomic mass is 10.0. The van der Waals surface area contributed by atoms with Gasteiger partial charge >= 0.3 is 0 Å². The third kappa shape index (κ3) is 4.55. The standard InChI is InChI=1S/C24H27N5O3/c1-3-19(17-7-5-4-6-8-17)28-23(30)18-13-21(29-11-12-32-15-22(18)29)24(31)27-16(2)20-14-25-9-10-26-20/h4-10,13-14,16,19H,3,11-12,15H2,1-2H3,(H,27,31)(H,28,30)/t16?,19-/m1/s1. The summed E-state index contributed by atoms with van der Waals surface area (Å²) in [6.07, 6.45) is 5.56. The van der Waals surface area contributed by atoms with E-state index in [0.717, 1.165) is 12.0 Å². The van der Waals surface area contributed by atoms with E-state index in [1.54, 1.807) is 24.7 Å². The first-order valence-corrected chi connectivity index (χ1v) is 10.8. The van der Waals surface area contributed by atoms with Gasteiger partial charge in [0, 0.05) is 18.9 Å². The number of ether oxygens (including phenoxy) is 1. The molecule has 32 heavy (non-hydrogen) atoms. The molecule has 0 spiro atoms. The molecule has 1 aliphatic heterocycles. The number of hydrogen-bond donors (Lipinski definition) is 2. The second-order valence-corrected chi connectivity index (χ2v) is 7.76. The minimum absolute atomic E-state index is 0.113. The van der Waals surface area contributed by atoms with Crippen LogP contribution in [0.15, 0.2) is 55.0 Å². The first-order valence-electron chi connectivity index (χ1n) is 10.8. The van der Waals surface area contributed by atoms with Crippen molar-refractivity contribution in [3.63, 3.8) is 0 Å². The van der Waals surface area contributed by atoms with Gasteiger partial charge in [0.2, 0.25) is 0 Å². The van der Waals surface area contributed by atoms with Crippen molar-refractivity contribution in [2.24, 2.45) is 0 Å². The van der Waals surface area contributed by atoms with Crippen LogP contribution in [0.4, 0.5) is 0 Å². The van der Waals surface area contributed by atoms with E-state index in [1.807, 2.05) is 48.7 Å². The molecule has 0 radical (unpaired) electrons. The zero-order valence-electron chi connectivity index (χ0n) is 18.2. The minimum Gasteiger partial charge on any atom is -0.373 e. The van der Waals surface area contributed by atoms with Gasteiger partial charge in [0.1, 0.15) is 5.69 Å². The molecule has 1 aromatic carbocycles. The Labute approximate surface area is 187 Å². The van der Waals surface area contributed by atoms with Crippen LogP contribution in [0.1, 0.15) is 70.1 Å². The van der Waals surface area contributed by atoms with Crippen molar-refractivity contribution in [1.29, 1.82) is 0 Å². The third-order valence-electron chi connectivity index (χ3n) is 5.67. The molecule has 2 amide bonds. The lowest BCUT2D eigenvalue weighted by molar-refractivity contribution is 0.0774. The van der Waals surface area contributed by atoms with E-state index >= 15 is 0 Å². The highest BCUT2D eigenvalue weighted by Crippen LogP contribution is 2.24. The first-order chi connectivity index (χ1) is 15.6. The molecule has 3 heterocycles. The molecule has 2 N–H and O–H groups in total. The van der Waals surface area contributed by atoms with Gasteiger partial charge in [-0.15, -0.1) is 0 Å². The number of amides is 2. The SMILES string of the molecule is CC[C@@H](NC(=O)c1cc(C(=O)NC(C)c2cnccn2)n2c1COCC2)c1ccccc1. The fraction of sp³-hybridized carbons (Fsp3) is 0.333. The molecule has 0 fully saturated rings. The highest BCUT2D eigenvalue weighted by atomic mass is 16.5. The smallest absolute Gasteiger partial charge is 0.268 e. The molecule has 0 saturated carbocycles. The Kier molecular flexibility index (Phi) is 6.61. The predicted molar refractivity (Wildman–Crippen MR) is 119 cm³/mol. The van der Waals surface area contributed by atoms with Crippen LogP contribution >= 0.6 is 0 Å². The number of nitrogens with zero attached hydrogens (tertiary/aromatic N) is 3. The van der Waals surface area contributed by atoms with Gasteiger partial charge in [-0.3, -0.25) is 19.6 Å². The molecular formula is C24H27N5O3. The zero-order chi connectivity index (χ0) is 22.5. The van der Waals surface area contributed by atoms with Crippen molar-refractivity contribution in [1.82, 2.24) is 25.2 Å². The summed E-state index contributed by atoms with van der Waals surface area (Å²) in [4.78, 5) is 34.6. The van der Waals surface area contributed by atoms with Crippen LogP contribution in [0, 0.1) is 0 Å². The van der Waals surface area contributed by atoms with Crippen molar-refractivity contribution < 1.29 is 14.3 Å². The fourth-order valence-electron chi connectivity index (χ4n) is 3.93. The van der Waals surface area contributed by atoms with Crippen molar-refractivity contribution >= 4 is 11.8 Å². The molecule has 4 rings (SSSR count). The zero-order valence-corrected chi connectivity index (χ0v) is 18.2. The largest absolute Gasteiger partial charge is 0.373 e. The number of hydrogen-bond acceptors (Lipinski definition) is 5. The third-order valence-corrected chi connectivity index (χ3v) is 5.67. The normalized spacial score (nSPS) is 14.8. The number of carbonyl (C=O) groups excluding carboxylic acids is 2. The van der Waals surface area contributed by atoms with Crippen molar-refractivity contribution in [3.8, 4) is 0 Å². The van der Waals surface area contributed by atoms with Crippen LogP contribution in [0.3, 0.4) is 0 Å². The maximum absolute atomic E-state index is 13.2. The maximum Gasteiger partial charge on any atom is 0.268 e. The number of benzene rings is 1. The van der Waals surface area contributed by atoms with Gasteiger partial charge < -0.3 is 19.9 Å². The Hall–Kier alpha value is -3.52. The van der Waals surface area contributed by atoms with E-state index in [1.165, 1.54) is 0 Å². The van der Waals surface area contributed by atoms with Gasteiger partial charge in [-0.2, -0.15) is 0 Å². The topological polar surface area (TPSA) is 98.1 Å². The molecule has 1 aliphatic rings. The molecule has 0 saturated heterocycles. The molecule has 8 heteroatoms. The van der Waals surface area contributed by atoms with E-state index in [-0.39, 0.29) is 30.5 Å². The average Bonchev–Trinajstić information content (AvgIpc) is 3.23. The van der Waals surface area contributed by atoms with Crippen LogP contribution in [-0.4, -0.2) is 33.0 Å². The van der Waals surface area contributed by atoms with Crippen LogP contribution in [-0.2, 0) is 17.9 Å². The molecule has 166 valence electrons. The summed E-state index contributed by atoms with van der Waals surface area (Å²) < 4.78 is 7.47. The summed E-state index contributed by atoms with van der Waals surface area (Å²) in [5, 5.41) is 6.07. The second-order valence-electron chi connectivity index (χ2n) is 7.76. The summed E-state index contributed by atoms with van der Waals surface area (Å²) >= 11 is 0. The van der Waals surface area contributed by atoms with Crippen LogP contribution < -0.4 is 10.6 Å². The highest BCUT2D eigenvalue weighted by molar-refractivity contribution is 6.01. The number of carbonyl (C=O) groups is 2. The molecule has 1 unspecified atom stereocenters. The second kappa shape index (κ2) is 9.74. The highest BCUT2D eigenvalue weighted by Gasteiger charge is 2.27. The van der Waals surface area contributed by atoms with E-state index in [9.17, 15) is 9.59 Å². The van der Waals surface area contributed by atoms with E-state index in [2.05, 4.69) is 20.6 Å². The number of fused-ring (bicyclic) bond motifs is 1. The van der Waals surface area contributed by atoms with Gasteiger partial charge in [0.05, 0.1) is 48.4 Å².